The Kier molecular flexibility index (Phi) is 5.36. The second-order valence-electron chi connectivity index (χ2n) is 7.91. The van der Waals surface area contributed by atoms with Gasteiger partial charge in [-0.25, -0.2) is 10.4 Å². The van der Waals surface area contributed by atoms with E-state index < -0.39 is 0 Å². The number of aromatic nitrogens is 1. The minimum absolute atomic E-state index is 0.0303. The average Bonchev–Trinajstić information content (AvgIpc) is 3.40. The fraction of sp³-hybridized carbons (Fsp3) is 0.250. The van der Waals surface area contributed by atoms with E-state index in [2.05, 4.69) is 10.4 Å². The fourth-order valence-electron chi connectivity index (χ4n) is 4.10. The van der Waals surface area contributed by atoms with E-state index in [9.17, 15) is 4.79 Å². The van der Waals surface area contributed by atoms with E-state index in [-0.39, 0.29) is 18.0 Å². The molecular formula is C24H23ClN4O3. The number of aryl methyl sites for hydroxylation is 1. The van der Waals surface area contributed by atoms with Crippen molar-refractivity contribution in [2.24, 2.45) is 0 Å². The molecule has 1 saturated heterocycles. The van der Waals surface area contributed by atoms with Crippen LogP contribution in [0.5, 0.6) is 5.75 Å². The minimum Gasteiger partial charge on any atom is -0.497 e. The Bertz CT molecular complexity index is 1170. The maximum atomic E-state index is 13.2. The quantitative estimate of drug-likeness (QED) is 0.619. The van der Waals surface area contributed by atoms with Gasteiger partial charge in [0.2, 0.25) is 5.89 Å². The molecule has 7 nitrogen and oxygen atoms in total. The van der Waals surface area contributed by atoms with E-state index in [1.165, 1.54) is 0 Å². The van der Waals surface area contributed by atoms with Crippen molar-refractivity contribution >= 4 is 17.5 Å². The normalized spacial score (nSPS) is 20.0. The maximum Gasteiger partial charge on any atom is 0.251 e. The topological polar surface area (TPSA) is 70.8 Å². The van der Waals surface area contributed by atoms with Crippen LogP contribution in [-0.2, 0) is 11.3 Å². The van der Waals surface area contributed by atoms with Crippen LogP contribution in [0, 0.1) is 6.92 Å². The van der Waals surface area contributed by atoms with E-state index >= 15 is 0 Å². The van der Waals surface area contributed by atoms with Crippen molar-refractivity contribution in [1.29, 1.82) is 0 Å². The highest BCUT2D eigenvalue weighted by molar-refractivity contribution is 6.30. The zero-order chi connectivity index (χ0) is 22.2. The number of amides is 1. The van der Waals surface area contributed by atoms with Crippen molar-refractivity contribution in [3.63, 3.8) is 0 Å². The Morgan fingerprint density at radius 2 is 2.03 bits per heavy atom. The number of hydrogen-bond acceptors (Lipinski definition) is 6. The molecular weight excluding hydrogens is 428 g/mol. The largest absolute Gasteiger partial charge is 0.497 e. The van der Waals surface area contributed by atoms with Gasteiger partial charge in [-0.15, -0.1) is 0 Å². The number of oxazole rings is 1. The summed E-state index contributed by atoms with van der Waals surface area (Å²) in [5.74, 6) is 2.02. The molecule has 1 aromatic heterocycles. The van der Waals surface area contributed by atoms with Gasteiger partial charge in [-0.2, -0.15) is 0 Å². The number of nitrogens with zero attached hydrogens (tertiary/aromatic N) is 3. The Morgan fingerprint density at radius 1 is 1.22 bits per heavy atom. The van der Waals surface area contributed by atoms with E-state index in [0.717, 1.165) is 22.6 Å². The number of hydrazine groups is 1. The van der Waals surface area contributed by atoms with Crippen LogP contribution < -0.4 is 10.2 Å². The van der Waals surface area contributed by atoms with Crippen LogP contribution in [0.2, 0.25) is 5.02 Å². The van der Waals surface area contributed by atoms with Gasteiger partial charge in [-0.05, 0) is 49.2 Å². The summed E-state index contributed by atoms with van der Waals surface area (Å²) in [6.45, 7) is 2.21. The summed E-state index contributed by atoms with van der Waals surface area (Å²) in [7, 11) is 1.65. The molecule has 32 heavy (non-hydrogen) atoms. The van der Waals surface area contributed by atoms with E-state index in [1.54, 1.807) is 24.3 Å². The third-order valence-electron chi connectivity index (χ3n) is 5.88. The predicted molar refractivity (Wildman–Crippen MR) is 120 cm³/mol. The molecule has 1 amide bonds. The highest BCUT2D eigenvalue weighted by Crippen LogP contribution is 2.32. The molecule has 2 atom stereocenters. The summed E-state index contributed by atoms with van der Waals surface area (Å²) in [5.41, 5.74) is 6.06. The molecule has 3 heterocycles. The fourth-order valence-corrected chi connectivity index (χ4v) is 4.29. The number of fused-ring (bicyclic) bond motifs is 1. The molecule has 1 N–H and O–H groups in total. The number of methoxy groups -OCH3 is 1. The summed E-state index contributed by atoms with van der Waals surface area (Å²) < 4.78 is 11.1. The Hall–Kier alpha value is -3.29. The van der Waals surface area contributed by atoms with Crippen molar-refractivity contribution in [1.82, 2.24) is 20.3 Å². The van der Waals surface area contributed by atoms with Gasteiger partial charge in [0.1, 0.15) is 23.2 Å². The maximum absolute atomic E-state index is 13.2. The number of benzene rings is 2. The minimum atomic E-state index is -0.272. The van der Waals surface area contributed by atoms with E-state index in [1.807, 2.05) is 60.6 Å². The Morgan fingerprint density at radius 3 is 2.78 bits per heavy atom. The van der Waals surface area contributed by atoms with Gasteiger partial charge in [-0.3, -0.25) is 4.79 Å². The number of rotatable bonds is 5. The lowest BCUT2D eigenvalue weighted by molar-refractivity contribution is -0.135. The number of carbonyl (C=O) groups is 1. The van der Waals surface area contributed by atoms with Gasteiger partial charge in [0.15, 0.2) is 0 Å². The molecule has 164 valence electrons. The van der Waals surface area contributed by atoms with Gasteiger partial charge >= 0.3 is 0 Å². The molecule has 2 aliphatic rings. The lowest BCUT2D eigenvalue weighted by atomic mass is 10.0. The SMILES string of the molecule is COc1ccc(C2CC3C(=O)N(Cc4nc(-c5cccc(Cl)c5)oc4C)C=CN3N2)cc1. The third-order valence-corrected chi connectivity index (χ3v) is 6.11. The van der Waals surface area contributed by atoms with Crippen molar-refractivity contribution in [2.75, 3.05) is 7.11 Å². The molecule has 8 heteroatoms. The zero-order valence-corrected chi connectivity index (χ0v) is 18.5. The van der Waals surface area contributed by atoms with Gasteiger partial charge in [0.25, 0.3) is 5.91 Å². The van der Waals surface area contributed by atoms with Crippen molar-refractivity contribution in [3.8, 4) is 17.2 Å². The van der Waals surface area contributed by atoms with Crippen LogP contribution >= 0.6 is 11.6 Å². The first-order valence-corrected chi connectivity index (χ1v) is 10.8. The summed E-state index contributed by atoms with van der Waals surface area (Å²) in [4.78, 5) is 19.5. The smallest absolute Gasteiger partial charge is 0.251 e. The van der Waals surface area contributed by atoms with Gasteiger partial charge in [-0.1, -0.05) is 29.8 Å². The van der Waals surface area contributed by atoms with Gasteiger partial charge in [0, 0.05) is 23.0 Å². The van der Waals surface area contributed by atoms with E-state index in [4.69, 9.17) is 20.8 Å². The standard InChI is InChI=1S/C24H23ClN4O3/c1-15-21(26-23(32-15)17-4-3-5-18(25)12-17)14-28-10-11-29-22(24(28)30)13-20(27-29)16-6-8-19(31-2)9-7-16/h3-12,20,22,27H,13-14H2,1-2H3. The number of ether oxygens (including phenoxy) is 1. The first-order chi connectivity index (χ1) is 15.5. The van der Waals surface area contributed by atoms with Crippen LogP contribution in [0.25, 0.3) is 11.5 Å². The molecule has 0 radical (unpaired) electrons. The summed E-state index contributed by atoms with van der Waals surface area (Å²) in [6, 6.07) is 15.1. The van der Waals surface area contributed by atoms with Crippen molar-refractivity contribution < 1.29 is 13.9 Å². The summed E-state index contributed by atoms with van der Waals surface area (Å²) in [5, 5.41) is 2.51. The lowest BCUT2D eigenvalue weighted by Gasteiger charge is -2.31. The monoisotopic (exact) mass is 450 g/mol. The van der Waals surface area contributed by atoms with Crippen LogP contribution in [0.4, 0.5) is 0 Å². The molecule has 0 bridgehead atoms. The highest BCUT2D eigenvalue weighted by atomic mass is 35.5. The highest BCUT2D eigenvalue weighted by Gasteiger charge is 2.40. The van der Waals surface area contributed by atoms with Gasteiger partial charge < -0.3 is 19.1 Å². The van der Waals surface area contributed by atoms with Crippen molar-refractivity contribution in [3.05, 3.63) is 83.0 Å². The molecule has 0 saturated carbocycles. The number of halogens is 1. The molecule has 3 aromatic rings. The number of nitrogens with one attached hydrogen (secondary N) is 1. The molecule has 2 aromatic carbocycles. The van der Waals surface area contributed by atoms with Crippen molar-refractivity contribution in [2.45, 2.75) is 32.0 Å². The predicted octanol–water partition coefficient (Wildman–Crippen LogP) is 4.45. The molecule has 0 spiro atoms. The van der Waals surface area contributed by atoms with Crippen LogP contribution in [0.1, 0.15) is 29.5 Å². The molecule has 5 rings (SSSR count). The zero-order valence-electron chi connectivity index (χ0n) is 17.8. The summed E-state index contributed by atoms with van der Waals surface area (Å²) in [6.07, 6.45) is 4.37. The number of hydrogen-bond donors (Lipinski definition) is 1. The Balaban J connectivity index is 1.30. The molecule has 1 fully saturated rings. The molecule has 2 unspecified atom stereocenters. The average molecular weight is 451 g/mol. The van der Waals surface area contributed by atoms with Crippen LogP contribution in [-0.4, -0.2) is 34.0 Å². The number of carbonyl (C=O) groups excluding carboxylic acids is 1. The van der Waals surface area contributed by atoms with Crippen LogP contribution in [0.3, 0.4) is 0 Å². The second-order valence-corrected chi connectivity index (χ2v) is 8.35. The lowest BCUT2D eigenvalue weighted by Crippen LogP contribution is -2.47. The van der Waals surface area contributed by atoms with Crippen LogP contribution in [0.15, 0.2) is 65.3 Å². The third kappa shape index (κ3) is 3.85. The first kappa shape index (κ1) is 20.6. The van der Waals surface area contributed by atoms with Gasteiger partial charge in [0.05, 0.1) is 19.7 Å². The summed E-state index contributed by atoms with van der Waals surface area (Å²) >= 11 is 6.09. The molecule has 0 aliphatic carbocycles. The second kappa shape index (κ2) is 8.33. The van der Waals surface area contributed by atoms with E-state index in [0.29, 0.717) is 29.6 Å². The Labute approximate surface area is 191 Å². The first-order valence-electron chi connectivity index (χ1n) is 10.4. The molecule has 2 aliphatic heterocycles.